The highest BCUT2D eigenvalue weighted by Crippen LogP contribution is 2.39. The van der Waals surface area contributed by atoms with E-state index in [1.165, 1.54) is 11.8 Å². The number of hydrogen-bond acceptors (Lipinski definition) is 6. The first kappa shape index (κ1) is 25.1. The van der Waals surface area contributed by atoms with Crippen molar-refractivity contribution in [1.82, 2.24) is 4.98 Å². The van der Waals surface area contributed by atoms with Crippen LogP contribution < -0.4 is 5.73 Å². The van der Waals surface area contributed by atoms with Crippen molar-refractivity contribution in [3.05, 3.63) is 68.6 Å². The number of methoxy groups -OCH3 is 1. The van der Waals surface area contributed by atoms with Gasteiger partial charge in [-0.3, -0.25) is 9.78 Å². The van der Waals surface area contributed by atoms with E-state index >= 15 is 0 Å². The number of nitrogens with zero attached hydrogens (tertiary/aromatic N) is 2. The fourth-order valence-corrected chi connectivity index (χ4v) is 5.67. The molecule has 0 saturated heterocycles. The number of ketones is 1. The number of anilines is 1. The van der Waals surface area contributed by atoms with Gasteiger partial charge >= 0.3 is 0 Å². The first-order chi connectivity index (χ1) is 15.3. The van der Waals surface area contributed by atoms with Gasteiger partial charge in [0, 0.05) is 64.1 Å². The van der Waals surface area contributed by atoms with Crippen molar-refractivity contribution < 1.29 is 9.53 Å². The molecule has 0 spiro atoms. The van der Waals surface area contributed by atoms with Crippen LogP contribution in [-0.2, 0) is 9.53 Å². The number of carbonyl (C=O) groups excluding carboxylic acids is 1. The van der Waals surface area contributed by atoms with Gasteiger partial charge in [0.15, 0.2) is 5.78 Å². The van der Waals surface area contributed by atoms with Crippen molar-refractivity contribution in [3.63, 3.8) is 0 Å². The molecule has 0 aliphatic carbocycles. The highest BCUT2D eigenvalue weighted by atomic mass is 35.5. The molecule has 3 rings (SSSR count). The Morgan fingerprint density at radius 3 is 2.72 bits per heavy atom. The van der Waals surface area contributed by atoms with Crippen molar-refractivity contribution in [2.24, 2.45) is 10.9 Å². The highest BCUT2D eigenvalue weighted by molar-refractivity contribution is 8.14. The van der Waals surface area contributed by atoms with Crippen LogP contribution in [-0.4, -0.2) is 28.7 Å². The van der Waals surface area contributed by atoms with Crippen molar-refractivity contribution in [3.8, 4) is 0 Å². The van der Waals surface area contributed by atoms with Crippen molar-refractivity contribution in [1.29, 1.82) is 0 Å². The van der Waals surface area contributed by atoms with Gasteiger partial charge in [-0.1, -0.05) is 41.7 Å². The summed E-state index contributed by atoms with van der Waals surface area (Å²) in [6.07, 6.45) is 4.96. The molecule has 0 radical (unpaired) electrons. The number of benzene rings is 1. The third kappa shape index (κ3) is 6.06. The Labute approximate surface area is 207 Å². The Balaban J connectivity index is 1.61. The van der Waals surface area contributed by atoms with Gasteiger partial charge < -0.3 is 10.5 Å². The van der Waals surface area contributed by atoms with E-state index < -0.39 is 0 Å². The molecule has 1 aliphatic heterocycles. The van der Waals surface area contributed by atoms with Gasteiger partial charge in [0.05, 0.1) is 6.10 Å². The lowest BCUT2D eigenvalue weighted by atomic mass is 9.91. The summed E-state index contributed by atoms with van der Waals surface area (Å²) >= 11 is 20.2. The molecule has 32 heavy (non-hydrogen) atoms. The quantitative estimate of drug-likeness (QED) is 0.299. The molecule has 9 heteroatoms. The van der Waals surface area contributed by atoms with Crippen LogP contribution in [0.3, 0.4) is 0 Å². The molecule has 2 atom stereocenters. The topological polar surface area (TPSA) is 77.6 Å². The Kier molecular flexibility index (Phi) is 9.03. The summed E-state index contributed by atoms with van der Waals surface area (Å²) in [5.41, 5.74) is 8.81. The molecule has 2 unspecified atom stereocenters. The number of thioether (sulfide) groups is 1. The zero-order chi connectivity index (χ0) is 23.3. The maximum Gasteiger partial charge on any atom is 0.162 e. The Hall–Kier alpha value is -1.57. The zero-order valence-electron chi connectivity index (χ0n) is 17.8. The van der Waals surface area contributed by atoms with E-state index in [4.69, 9.17) is 45.3 Å². The average molecular weight is 513 g/mol. The number of pyridine rings is 1. The number of aliphatic imine (C=N–C) groups is 1. The Bertz CT molecular complexity index is 1020. The molecule has 0 fully saturated rings. The summed E-state index contributed by atoms with van der Waals surface area (Å²) in [6, 6.07) is 7.09. The summed E-state index contributed by atoms with van der Waals surface area (Å²) in [4.78, 5) is 21.3. The summed E-state index contributed by atoms with van der Waals surface area (Å²) < 4.78 is 5.70. The van der Waals surface area contributed by atoms with E-state index in [1.54, 1.807) is 31.6 Å². The molecule has 0 saturated carbocycles. The van der Waals surface area contributed by atoms with Gasteiger partial charge in [-0.05, 0) is 43.0 Å². The van der Waals surface area contributed by atoms with E-state index in [9.17, 15) is 4.79 Å². The Morgan fingerprint density at radius 1 is 1.31 bits per heavy atom. The van der Waals surface area contributed by atoms with E-state index in [-0.39, 0.29) is 23.0 Å². The lowest BCUT2D eigenvalue weighted by molar-refractivity contribution is -0.115. The van der Waals surface area contributed by atoms with Crippen LogP contribution in [0.4, 0.5) is 5.69 Å². The van der Waals surface area contributed by atoms with Gasteiger partial charge in [0.1, 0.15) is 10.2 Å². The molecular weight excluding hydrogens is 489 g/mol. The third-order valence-corrected chi connectivity index (χ3v) is 7.17. The van der Waals surface area contributed by atoms with Gasteiger partial charge in [0.25, 0.3) is 0 Å². The van der Waals surface area contributed by atoms with E-state index in [1.807, 2.05) is 12.1 Å². The number of carbonyl (C=O) groups is 1. The van der Waals surface area contributed by atoms with Crippen LogP contribution in [0.2, 0.25) is 10.0 Å². The second kappa shape index (κ2) is 11.5. The minimum absolute atomic E-state index is 0.0155. The molecule has 170 valence electrons. The lowest BCUT2D eigenvalue weighted by Gasteiger charge is -2.25. The predicted molar refractivity (Wildman–Crippen MR) is 135 cm³/mol. The minimum atomic E-state index is -0.297. The van der Waals surface area contributed by atoms with Crippen LogP contribution in [0, 0.1) is 5.92 Å². The highest BCUT2D eigenvalue weighted by Gasteiger charge is 2.25. The van der Waals surface area contributed by atoms with Crippen LogP contribution in [0.25, 0.3) is 0 Å². The molecule has 1 aromatic heterocycles. The van der Waals surface area contributed by atoms with Gasteiger partial charge in [-0.15, -0.1) is 11.8 Å². The number of ether oxygens (including phenoxy) is 1. The molecular formula is C23H24Cl3N3O2S. The number of nitrogens with two attached hydrogens (primary N) is 1. The molecule has 2 heterocycles. The van der Waals surface area contributed by atoms with Crippen LogP contribution in [0.1, 0.15) is 43.4 Å². The van der Waals surface area contributed by atoms with E-state index in [0.29, 0.717) is 39.9 Å². The molecule has 0 bridgehead atoms. The number of Topliss-reactive ketones (excluding diaryl/α,β-unsaturated/α-hetero) is 1. The predicted octanol–water partition coefficient (Wildman–Crippen LogP) is 6.68. The number of aromatic nitrogens is 1. The SMILES string of the molecule is COC(c1c(N)cc(Cl)cc1Cl)C(C)CCCC(=O)C1=C(Cl)N=C(c2cccnc2)SC1. The van der Waals surface area contributed by atoms with Gasteiger partial charge in [-0.2, -0.15) is 0 Å². The normalized spacial score (nSPS) is 16.0. The fourth-order valence-electron chi connectivity index (χ4n) is 3.65. The third-order valence-electron chi connectivity index (χ3n) is 5.29. The average Bonchev–Trinajstić information content (AvgIpc) is 2.76. The summed E-state index contributed by atoms with van der Waals surface area (Å²) in [5.74, 6) is 0.606. The number of halogens is 3. The number of rotatable bonds is 9. The smallest absolute Gasteiger partial charge is 0.162 e. The van der Waals surface area contributed by atoms with Crippen LogP contribution in [0.15, 0.2) is 52.4 Å². The monoisotopic (exact) mass is 511 g/mol. The minimum Gasteiger partial charge on any atom is -0.398 e. The molecule has 5 nitrogen and oxygen atoms in total. The van der Waals surface area contributed by atoms with Crippen LogP contribution in [0.5, 0.6) is 0 Å². The summed E-state index contributed by atoms with van der Waals surface area (Å²) in [6.45, 7) is 2.05. The van der Waals surface area contributed by atoms with Crippen molar-refractivity contribution in [2.45, 2.75) is 32.3 Å². The summed E-state index contributed by atoms with van der Waals surface area (Å²) in [5, 5.41) is 1.99. The largest absolute Gasteiger partial charge is 0.398 e. The second-order valence-corrected chi connectivity index (χ2v) is 9.72. The molecule has 1 aliphatic rings. The summed E-state index contributed by atoms with van der Waals surface area (Å²) in [7, 11) is 1.62. The maximum atomic E-state index is 12.8. The van der Waals surface area contributed by atoms with E-state index in [2.05, 4.69) is 16.9 Å². The zero-order valence-corrected chi connectivity index (χ0v) is 20.9. The lowest BCUT2D eigenvalue weighted by Crippen LogP contribution is -2.16. The second-order valence-electron chi connectivity index (χ2n) is 7.56. The Morgan fingerprint density at radius 2 is 2.09 bits per heavy atom. The molecule has 0 amide bonds. The number of nitrogen functional groups attached to an aromatic ring is 1. The molecule has 1 aromatic carbocycles. The standard InChI is InChI=1S/C23H24Cl3N3O2S/c1-13(21(31-2)20-17(25)9-15(24)10-18(20)27)5-3-7-19(30)16-12-32-23(29-22(16)26)14-6-4-8-28-11-14/h4,6,8-11,13,21H,3,5,7,12,27H2,1-2H3. The maximum absolute atomic E-state index is 12.8. The van der Waals surface area contributed by atoms with Gasteiger partial charge in [0.2, 0.25) is 0 Å². The van der Waals surface area contributed by atoms with Crippen molar-refractivity contribution >= 4 is 63.1 Å². The van der Waals surface area contributed by atoms with Crippen molar-refractivity contribution in [2.75, 3.05) is 18.6 Å². The first-order valence-corrected chi connectivity index (χ1v) is 12.2. The first-order valence-electron chi connectivity index (χ1n) is 10.1. The molecule has 2 N–H and O–H groups in total. The molecule has 2 aromatic rings. The number of hydrogen-bond donors (Lipinski definition) is 1. The van der Waals surface area contributed by atoms with Crippen LogP contribution >= 0.6 is 46.6 Å². The fraction of sp³-hybridized carbons (Fsp3) is 0.348. The van der Waals surface area contributed by atoms with Gasteiger partial charge in [-0.25, -0.2) is 4.99 Å². The van der Waals surface area contributed by atoms with E-state index in [0.717, 1.165) is 22.6 Å².